The average molecular weight is 357 g/mol. The number of aromatic nitrogens is 2. The summed E-state index contributed by atoms with van der Waals surface area (Å²) in [5, 5.41) is 4.00. The van der Waals surface area contributed by atoms with Gasteiger partial charge in [-0.25, -0.2) is 9.18 Å². The molecule has 0 aliphatic rings. The Morgan fingerprint density at radius 1 is 1.48 bits per heavy atom. The van der Waals surface area contributed by atoms with E-state index in [0.717, 1.165) is 0 Å². The van der Waals surface area contributed by atoms with Crippen LogP contribution in [0, 0.1) is 5.82 Å². The molecule has 0 saturated carbocycles. The summed E-state index contributed by atoms with van der Waals surface area (Å²) in [6.07, 6.45) is 1.41. The second-order valence-electron chi connectivity index (χ2n) is 4.21. The Morgan fingerprint density at radius 2 is 2.24 bits per heavy atom. The SMILES string of the molecule is CCOC(=O)c1cnn(C)c1COc1cc(Br)ccc1F. The van der Waals surface area contributed by atoms with Gasteiger partial charge in [0, 0.05) is 11.5 Å². The van der Waals surface area contributed by atoms with Gasteiger partial charge in [0.05, 0.1) is 18.5 Å². The van der Waals surface area contributed by atoms with Crippen molar-refractivity contribution in [3.05, 3.63) is 45.9 Å². The monoisotopic (exact) mass is 356 g/mol. The molecule has 0 fully saturated rings. The topological polar surface area (TPSA) is 53.3 Å². The molecule has 112 valence electrons. The third-order valence-corrected chi connectivity index (χ3v) is 3.31. The molecule has 0 amide bonds. The van der Waals surface area contributed by atoms with Gasteiger partial charge in [0.25, 0.3) is 0 Å². The van der Waals surface area contributed by atoms with Gasteiger partial charge in [-0.3, -0.25) is 4.68 Å². The largest absolute Gasteiger partial charge is 0.484 e. The molecule has 7 heteroatoms. The van der Waals surface area contributed by atoms with E-state index in [1.165, 1.54) is 23.0 Å². The molecule has 5 nitrogen and oxygen atoms in total. The summed E-state index contributed by atoms with van der Waals surface area (Å²) >= 11 is 3.25. The van der Waals surface area contributed by atoms with Crippen molar-refractivity contribution in [2.75, 3.05) is 6.61 Å². The van der Waals surface area contributed by atoms with Crippen LogP contribution in [0.15, 0.2) is 28.9 Å². The molecule has 0 N–H and O–H groups in total. The Hall–Kier alpha value is -1.89. The van der Waals surface area contributed by atoms with Gasteiger partial charge in [-0.2, -0.15) is 5.10 Å². The smallest absolute Gasteiger partial charge is 0.341 e. The minimum Gasteiger partial charge on any atom is -0.484 e. The van der Waals surface area contributed by atoms with Crippen molar-refractivity contribution >= 4 is 21.9 Å². The first-order valence-corrected chi connectivity index (χ1v) is 7.08. The lowest BCUT2D eigenvalue weighted by atomic mass is 10.2. The van der Waals surface area contributed by atoms with Crippen LogP contribution in [0.25, 0.3) is 0 Å². The number of nitrogens with zero attached hydrogens (tertiary/aromatic N) is 2. The maximum absolute atomic E-state index is 13.6. The van der Waals surface area contributed by atoms with Crippen molar-refractivity contribution in [3.8, 4) is 5.75 Å². The van der Waals surface area contributed by atoms with Gasteiger partial charge in [-0.1, -0.05) is 15.9 Å². The van der Waals surface area contributed by atoms with Gasteiger partial charge in [0.15, 0.2) is 11.6 Å². The molecule has 0 spiro atoms. The van der Waals surface area contributed by atoms with E-state index in [4.69, 9.17) is 9.47 Å². The maximum atomic E-state index is 13.6. The Morgan fingerprint density at radius 3 is 2.95 bits per heavy atom. The summed E-state index contributed by atoms with van der Waals surface area (Å²) in [6.45, 7) is 2.01. The molecular weight excluding hydrogens is 343 g/mol. The van der Waals surface area contributed by atoms with E-state index >= 15 is 0 Å². The Labute approximate surface area is 129 Å². The predicted octanol–water partition coefficient (Wildman–Crippen LogP) is 3.08. The number of halogens is 2. The number of hydrogen-bond donors (Lipinski definition) is 0. The lowest BCUT2D eigenvalue weighted by molar-refractivity contribution is 0.0523. The molecule has 0 aliphatic heterocycles. The Kier molecular flexibility index (Phi) is 4.95. The van der Waals surface area contributed by atoms with Crippen molar-refractivity contribution in [2.45, 2.75) is 13.5 Å². The highest BCUT2D eigenvalue weighted by atomic mass is 79.9. The van der Waals surface area contributed by atoms with Gasteiger partial charge in [-0.05, 0) is 25.1 Å². The average Bonchev–Trinajstić information content (AvgIpc) is 2.81. The molecule has 0 bridgehead atoms. The molecule has 2 aromatic rings. The minimum absolute atomic E-state index is 0.0119. The maximum Gasteiger partial charge on any atom is 0.341 e. The van der Waals surface area contributed by atoms with Crippen LogP contribution in [0.2, 0.25) is 0 Å². The molecular formula is C14H14BrFN2O3. The fourth-order valence-corrected chi connectivity index (χ4v) is 2.09. The zero-order chi connectivity index (χ0) is 15.4. The highest BCUT2D eigenvalue weighted by Gasteiger charge is 2.18. The standard InChI is InChI=1S/C14H14BrFN2O3/c1-3-20-14(19)10-7-17-18(2)12(10)8-21-13-6-9(15)4-5-11(13)16/h4-7H,3,8H2,1-2H3. The number of carbonyl (C=O) groups excluding carboxylic acids is 1. The number of aryl methyl sites for hydroxylation is 1. The molecule has 1 aromatic heterocycles. The van der Waals surface area contributed by atoms with E-state index in [-0.39, 0.29) is 19.0 Å². The van der Waals surface area contributed by atoms with Crippen LogP contribution in [-0.2, 0) is 18.4 Å². The number of rotatable bonds is 5. The van der Waals surface area contributed by atoms with Crippen LogP contribution in [0.4, 0.5) is 4.39 Å². The van der Waals surface area contributed by atoms with Crippen molar-refractivity contribution in [3.63, 3.8) is 0 Å². The van der Waals surface area contributed by atoms with E-state index in [9.17, 15) is 9.18 Å². The summed E-state index contributed by atoms with van der Waals surface area (Å²) in [4.78, 5) is 11.8. The molecule has 2 rings (SSSR count). The van der Waals surface area contributed by atoms with E-state index in [2.05, 4.69) is 21.0 Å². The van der Waals surface area contributed by atoms with Gasteiger partial charge in [-0.15, -0.1) is 0 Å². The van der Waals surface area contributed by atoms with Gasteiger partial charge >= 0.3 is 5.97 Å². The van der Waals surface area contributed by atoms with Crippen molar-refractivity contribution in [1.82, 2.24) is 9.78 Å². The predicted molar refractivity (Wildman–Crippen MR) is 77.6 cm³/mol. The molecule has 21 heavy (non-hydrogen) atoms. The second kappa shape index (κ2) is 6.71. The van der Waals surface area contributed by atoms with E-state index in [1.807, 2.05) is 0 Å². The molecule has 0 unspecified atom stereocenters. The molecule has 0 saturated heterocycles. The summed E-state index contributed by atoms with van der Waals surface area (Å²) in [6, 6.07) is 4.40. The Balaban J connectivity index is 2.18. The first kappa shape index (κ1) is 15.5. The first-order valence-electron chi connectivity index (χ1n) is 6.28. The van der Waals surface area contributed by atoms with E-state index in [1.54, 1.807) is 20.0 Å². The summed E-state index contributed by atoms with van der Waals surface area (Å²) in [7, 11) is 1.68. The van der Waals surface area contributed by atoms with E-state index in [0.29, 0.717) is 15.7 Å². The van der Waals surface area contributed by atoms with Crippen molar-refractivity contribution in [2.24, 2.45) is 7.05 Å². The van der Waals surface area contributed by atoms with Crippen LogP contribution in [0.3, 0.4) is 0 Å². The van der Waals surface area contributed by atoms with Crippen LogP contribution in [0.5, 0.6) is 5.75 Å². The number of carbonyl (C=O) groups is 1. The zero-order valence-corrected chi connectivity index (χ0v) is 13.2. The van der Waals surface area contributed by atoms with Gasteiger partial charge in [0.1, 0.15) is 12.2 Å². The number of esters is 1. The zero-order valence-electron chi connectivity index (χ0n) is 11.6. The highest BCUT2D eigenvalue weighted by Crippen LogP contribution is 2.23. The van der Waals surface area contributed by atoms with Gasteiger partial charge in [0.2, 0.25) is 0 Å². The number of ether oxygens (including phenoxy) is 2. The van der Waals surface area contributed by atoms with Crippen LogP contribution >= 0.6 is 15.9 Å². The number of benzene rings is 1. The van der Waals surface area contributed by atoms with Crippen LogP contribution in [0.1, 0.15) is 23.0 Å². The quantitative estimate of drug-likeness (QED) is 0.772. The minimum atomic E-state index is -0.474. The normalized spacial score (nSPS) is 10.5. The highest BCUT2D eigenvalue weighted by molar-refractivity contribution is 9.10. The third kappa shape index (κ3) is 3.60. The lowest BCUT2D eigenvalue weighted by Crippen LogP contribution is -2.11. The molecule has 1 aromatic carbocycles. The van der Waals surface area contributed by atoms with E-state index < -0.39 is 11.8 Å². The molecule has 0 aliphatic carbocycles. The van der Waals surface area contributed by atoms with Crippen LogP contribution < -0.4 is 4.74 Å². The number of hydrogen-bond acceptors (Lipinski definition) is 4. The lowest BCUT2D eigenvalue weighted by Gasteiger charge is -2.09. The van der Waals surface area contributed by atoms with Crippen molar-refractivity contribution < 1.29 is 18.7 Å². The second-order valence-corrected chi connectivity index (χ2v) is 5.13. The third-order valence-electron chi connectivity index (χ3n) is 2.81. The first-order chi connectivity index (χ1) is 10.0. The van der Waals surface area contributed by atoms with Gasteiger partial charge < -0.3 is 9.47 Å². The fourth-order valence-electron chi connectivity index (χ4n) is 1.75. The molecule has 1 heterocycles. The summed E-state index contributed by atoms with van der Waals surface area (Å²) in [5.74, 6) is -0.850. The van der Waals surface area contributed by atoms with Crippen LogP contribution in [-0.4, -0.2) is 22.4 Å². The molecule has 0 atom stereocenters. The van der Waals surface area contributed by atoms with Crippen molar-refractivity contribution in [1.29, 1.82) is 0 Å². The summed E-state index contributed by atoms with van der Waals surface area (Å²) < 4.78 is 26.2. The fraction of sp³-hybridized carbons (Fsp3) is 0.286. The summed E-state index contributed by atoms with van der Waals surface area (Å²) in [5.41, 5.74) is 0.836. The Bertz CT molecular complexity index is 658. The molecule has 0 radical (unpaired) electrons.